The predicted molar refractivity (Wildman–Crippen MR) is 91.4 cm³/mol. The molecule has 1 aliphatic heterocycles. The largest absolute Gasteiger partial charge is 0.328 e. The van der Waals surface area contributed by atoms with Crippen LogP contribution < -0.4 is 10.2 Å². The van der Waals surface area contributed by atoms with Crippen LogP contribution >= 0.6 is 0 Å². The summed E-state index contributed by atoms with van der Waals surface area (Å²) in [6.07, 6.45) is 5.40. The van der Waals surface area contributed by atoms with Gasteiger partial charge in [-0.05, 0) is 26.7 Å². The summed E-state index contributed by atoms with van der Waals surface area (Å²) >= 11 is 0. The van der Waals surface area contributed by atoms with Crippen molar-refractivity contribution in [1.29, 1.82) is 0 Å². The van der Waals surface area contributed by atoms with Gasteiger partial charge in [0, 0.05) is 23.7 Å². The van der Waals surface area contributed by atoms with Crippen molar-refractivity contribution in [2.24, 2.45) is 0 Å². The van der Waals surface area contributed by atoms with Crippen LogP contribution in [0.4, 0.5) is 26.2 Å². The van der Waals surface area contributed by atoms with Crippen molar-refractivity contribution in [3.8, 4) is 0 Å². The topological polar surface area (TPSA) is 75.9 Å². The molecule has 3 heterocycles. The molecule has 0 bridgehead atoms. The van der Waals surface area contributed by atoms with Gasteiger partial charge in [0.2, 0.25) is 11.9 Å². The van der Waals surface area contributed by atoms with E-state index < -0.39 is 18.4 Å². The molecule has 4 rings (SSSR count). The summed E-state index contributed by atoms with van der Waals surface area (Å²) in [5.74, 6) is 0.777. The van der Waals surface area contributed by atoms with Gasteiger partial charge in [-0.3, -0.25) is 14.4 Å². The minimum Gasteiger partial charge on any atom is -0.328 e. The summed E-state index contributed by atoms with van der Waals surface area (Å²) in [6, 6.07) is 0. The number of hydrogen-bond acceptors (Lipinski definition) is 5. The first-order valence-corrected chi connectivity index (χ1v) is 8.37. The fourth-order valence-corrected chi connectivity index (χ4v) is 3.17. The Labute approximate surface area is 148 Å². The number of fused-ring (bicyclic) bond motifs is 2. The highest BCUT2D eigenvalue weighted by molar-refractivity contribution is 6.13. The number of alkyl halides is 2. The Morgan fingerprint density at radius 2 is 2.19 bits per heavy atom. The number of nitrogens with one attached hydrogen (secondary N) is 1. The maximum absolute atomic E-state index is 13.0. The fourth-order valence-electron chi connectivity index (χ4n) is 3.17. The highest BCUT2D eigenvalue weighted by atomic mass is 19.3. The van der Waals surface area contributed by atoms with Crippen LogP contribution in [0.5, 0.6) is 0 Å². The number of nitrogens with zero attached hydrogens (tertiary/aromatic N) is 5. The van der Waals surface area contributed by atoms with E-state index in [-0.39, 0.29) is 5.91 Å². The summed E-state index contributed by atoms with van der Waals surface area (Å²) in [6.45, 7) is 3.26. The van der Waals surface area contributed by atoms with E-state index in [1.807, 2.05) is 19.9 Å². The summed E-state index contributed by atoms with van der Waals surface area (Å²) in [5.41, 5.74) is 1.53. The number of amides is 1. The number of carbonyl (C=O) groups is 1. The quantitative estimate of drug-likeness (QED) is 0.887. The smallest absolute Gasteiger partial charge is 0.257 e. The molecule has 1 saturated carbocycles. The molecule has 26 heavy (non-hydrogen) atoms. The first-order valence-electron chi connectivity index (χ1n) is 8.37. The van der Waals surface area contributed by atoms with E-state index in [9.17, 15) is 13.6 Å². The van der Waals surface area contributed by atoms with Gasteiger partial charge in [-0.1, -0.05) is 6.08 Å². The average Bonchev–Trinajstić information content (AvgIpc) is 3.23. The van der Waals surface area contributed by atoms with Crippen LogP contribution in [0, 0.1) is 0 Å². The van der Waals surface area contributed by atoms with Crippen molar-refractivity contribution >= 4 is 23.4 Å². The maximum atomic E-state index is 13.0. The highest BCUT2D eigenvalue weighted by Crippen LogP contribution is 2.58. The fraction of sp³-hybridized carbons (Fsp3) is 0.412. The Bertz CT molecular complexity index is 902. The summed E-state index contributed by atoms with van der Waals surface area (Å²) in [5, 5.41) is 7.00. The molecule has 0 atom stereocenters. The van der Waals surface area contributed by atoms with Crippen molar-refractivity contribution in [2.75, 3.05) is 10.2 Å². The van der Waals surface area contributed by atoms with Crippen molar-refractivity contribution in [3.63, 3.8) is 0 Å². The molecule has 2 aromatic rings. The molecule has 1 aliphatic carbocycles. The zero-order valence-electron chi connectivity index (χ0n) is 14.4. The van der Waals surface area contributed by atoms with Crippen LogP contribution in [0.2, 0.25) is 0 Å². The van der Waals surface area contributed by atoms with Gasteiger partial charge in [0.25, 0.3) is 6.43 Å². The number of aromatic nitrogens is 4. The van der Waals surface area contributed by atoms with Crippen molar-refractivity contribution in [1.82, 2.24) is 19.7 Å². The van der Waals surface area contributed by atoms with Crippen molar-refractivity contribution in [3.05, 3.63) is 35.9 Å². The van der Waals surface area contributed by atoms with Crippen molar-refractivity contribution in [2.45, 2.75) is 45.1 Å². The maximum Gasteiger partial charge on any atom is 0.257 e. The first-order chi connectivity index (χ1) is 12.4. The molecule has 7 nitrogen and oxygen atoms in total. The van der Waals surface area contributed by atoms with Gasteiger partial charge in [0.05, 0.1) is 17.3 Å². The standard InChI is InChI=1S/C17H18F2N6O/c1-3-10(2)22-16-20-7-12-14(23-16)25(15(26)17(12)4-5-17)11-6-21-24(8-11)9-13(18)19/h3,6-8,13H,4-5,9H2,1-2H3,(H,20,22,23)/b10-3+. The van der Waals surface area contributed by atoms with Gasteiger partial charge in [0.15, 0.2) is 0 Å². The van der Waals surface area contributed by atoms with Crippen LogP contribution in [0.1, 0.15) is 32.3 Å². The summed E-state index contributed by atoms with van der Waals surface area (Å²) in [7, 11) is 0. The molecular formula is C17H18F2N6O. The number of rotatable bonds is 5. The molecular weight excluding hydrogens is 342 g/mol. The van der Waals surface area contributed by atoms with E-state index in [4.69, 9.17) is 0 Å². The molecule has 2 aromatic heterocycles. The summed E-state index contributed by atoms with van der Waals surface area (Å²) in [4.78, 5) is 23.3. The number of anilines is 3. The van der Waals surface area contributed by atoms with Crippen LogP contribution in [0.25, 0.3) is 0 Å². The summed E-state index contributed by atoms with van der Waals surface area (Å²) < 4.78 is 26.3. The van der Waals surface area contributed by atoms with Gasteiger partial charge in [-0.15, -0.1) is 0 Å². The highest BCUT2D eigenvalue weighted by Gasteiger charge is 2.60. The Balaban J connectivity index is 1.74. The zero-order chi connectivity index (χ0) is 18.5. The monoisotopic (exact) mass is 360 g/mol. The Kier molecular flexibility index (Phi) is 3.74. The molecule has 9 heteroatoms. The van der Waals surface area contributed by atoms with E-state index in [0.29, 0.717) is 17.5 Å². The molecule has 1 amide bonds. The molecule has 0 saturated heterocycles. The third kappa shape index (κ3) is 2.54. The minimum absolute atomic E-state index is 0.0988. The van der Waals surface area contributed by atoms with Crippen LogP contribution in [-0.4, -0.2) is 32.1 Å². The van der Waals surface area contributed by atoms with Crippen molar-refractivity contribution < 1.29 is 13.6 Å². The van der Waals surface area contributed by atoms with Gasteiger partial charge in [-0.2, -0.15) is 10.1 Å². The van der Waals surface area contributed by atoms with Gasteiger partial charge < -0.3 is 5.32 Å². The van der Waals surface area contributed by atoms with Crippen LogP contribution in [0.15, 0.2) is 30.4 Å². The van der Waals surface area contributed by atoms with E-state index >= 15 is 0 Å². The lowest BCUT2D eigenvalue weighted by atomic mass is 10.0. The van der Waals surface area contributed by atoms with Crippen LogP contribution in [0.3, 0.4) is 0 Å². The third-order valence-electron chi connectivity index (χ3n) is 4.80. The molecule has 1 N–H and O–H groups in total. The normalized spacial score (nSPS) is 18.0. The first kappa shape index (κ1) is 16.6. The van der Waals surface area contributed by atoms with Gasteiger partial charge in [-0.25, -0.2) is 13.8 Å². The van der Waals surface area contributed by atoms with E-state index in [2.05, 4.69) is 20.4 Å². The number of halogens is 2. The molecule has 0 aromatic carbocycles. The molecule has 1 spiro atoms. The lowest BCUT2D eigenvalue weighted by Crippen LogP contribution is -2.28. The number of carbonyl (C=O) groups excluding carboxylic acids is 1. The minimum atomic E-state index is -2.51. The lowest BCUT2D eigenvalue weighted by Gasteiger charge is -2.15. The SMILES string of the molecule is C/C=C(\C)Nc1ncc2c(n1)N(c1cnn(CC(F)F)c1)C(=O)C21CC1. The van der Waals surface area contributed by atoms with E-state index in [0.717, 1.165) is 28.8 Å². The second kappa shape index (κ2) is 5.86. The van der Waals surface area contributed by atoms with E-state index in [1.165, 1.54) is 17.3 Å². The molecule has 136 valence electrons. The van der Waals surface area contributed by atoms with Crippen LogP contribution in [-0.2, 0) is 16.8 Å². The van der Waals surface area contributed by atoms with Gasteiger partial charge >= 0.3 is 0 Å². The second-order valence-electron chi connectivity index (χ2n) is 6.56. The predicted octanol–water partition coefficient (Wildman–Crippen LogP) is 2.98. The molecule has 2 aliphatic rings. The zero-order valence-corrected chi connectivity index (χ0v) is 14.4. The average molecular weight is 360 g/mol. The number of hydrogen-bond donors (Lipinski definition) is 1. The Morgan fingerprint density at radius 3 is 2.85 bits per heavy atom. The molecule has 1 fully saturated rings. The second-order valence-corrected chi connectivity index (χ2v) is 6.56. The molecule has 0 unspecified atom stereocenters. The van der Waals surface area contributed by atoms with Gasteiger partial charge in [0.1, 0.15) is 12.4 Å². The number of allylic oxidation sites excluding steroid dienone is 2. The third-order valence-corrected chi connectivity index (χ3v) is 4.80. The Morgan fingerprint density at radius 1 is 1.42 bits per heavy atom. The Hall–Kier alpha value is -2.84. The van der Waals surface area contributed by atoms with E-state index in [1.54, 1.807) is 6.20 Å². The lowest BCUT2D eigenvalue weighted by molar-refractivity contribution is -0.119. The molecule has 0 radical (unpaired) electrons.